The lowest BCUT2D eigenvalue weighted by Gasteiger charge is -2.00. The largest absolute Gasteiger partial charge is 0.330 e. The smallest absolute Gasteiger partial charge is 0.134 e. The summed E-state index contributed by atoms with van der Waals surface area (Å²) < 4.78 is 0. The van der Waals surface area contributed by atoms with Crippen LogP contribution in [0, 0.1) is 0 Å². The zero-order valence-electron chi connectivity index (χ0n) is 8.41. The minimum absolute atomic E-state index is 0.281. The van der Waals surface area contributed by atoms with Gasteiger partial charge in [-0.25, -0.2) is 0 Å². The Hall–Kier alpha value is -1.15. The quantitative estimate of drug-likeness (QED) is 0.746. The molecule has 0 aliphatic heterocycles. The number of aryl methyl sites for hydroxylation is 1. The van der Waals surface area contributed by atoms with E-state index in [9.17, 15) is 4.79 Å². The highest BCUT2D eigenvalue weighted by atomic mass is 16.1. The molecule has 1 aromatic rings. The fraction of sp³-hybridized carbons (Fsp3) is 0.417. The molecule has 0 aliphatic rings. The highest BCUT2D eigenvalue weighted by Gasteiger charge is 2.00. The lowest BCUT2D eigenvalue weighted by Crippen LogP contribution is -2.07. The van der Waals surface area contributed by atoms with Crippen molar-refractivity contribution in [1.82, 2.24) is 0 Å². The van der Waals surface area contributed by atoms with E-state index in [-0.39, 0.29) is 5.78 Å². The maximum atomic E-state index is 11.2. The lowest BCUT2D eigenvalue weighted by atomic mass is 10.1. The Labute approximate surface area is 85.1 Å². The number of carbonyl (C=O) groups excluding carboxylic acids is 1. The first-order chi connectivity index (χ1) is 6.83. The van der Waals surface area contributed by atoms with E-state index < -0.39 is 0 Å². The molecule has 0 saturated carbocycles. The fourth-order valence-electron chi connectivity index (χ4n) is 1.42. The van der Waals surface area contributed by atoms with Crippen molar-refractivity contribution in [1.29, 1.82) is 0 Å². The van der Waals surface area contributed by atoms with Crippen LogP contribution < -0.4 is 5.73 Å². The Morgan fingerprint density at radius 2 is 1.86 bits per heavy atom. The van der Waals surface area contributed by atoms with E-state index in [0.717, 1.165) is 12.8 Å². The van der Waals surface area contributed by atoms with Crippen molar-refractivity contribution in [3.05, 3.63) is 35.9 Å². The molecule has 1 aromatic carbocycles. The molecule has 76 valence electrons. The number of nitrogens with two attached hydrogens (primary N) is 1. The van der Waals surface area contributed by atoms with E-state index >= 15 is 0 Å². The third-order valence-corrected chi connectivity index (χ3v) is 2.19. The zero-order chi connectivity index (χ0) is 10.2. The molecule has 0 aliphatic carbocycles. The highest BCUT2D eigenvalue weighted by Crippen LogP contribution is 2.05. The SMILES string of the molecule is NCCC(=O)CCCc1ccccc1. The van der Waals surface area contributed by atoms with Gasteiger partial charge < -0.3 is 5.73 Å². The molecule has 2 heteroatoms. The minimum atomic E-state index is 0.281. The van der Waals surface area contributed by atoms with Gasteiger partial charge in [-0.3, -0.25) is 4.79 Å². The third kappa shape index (κ3) is 4.19. The van der Waals surface area contributed by atoms with Crippen LogP contribution >= 0.6 is 0 Å². The number of Topliss-reactive ketones (excluding diaryl/α,β-unsaturated/α-hetero) is 1. The molecule has 0 saturated heterocycles. The van der Waals surface area contributed by atoms with Crippen molar-refractivity contribution in [3.8, 4) is 0 Å². The minimum Gasteiger partial charge on any atom is -0.330 e. The highest BCUT2D eigenvalue weighted by molar-refractivity contribution is 5.78. The fourth-order valence-corrected chi connectivity index (χ4v) is 1.42. The summed E-state index contributed by atoms with van der Waals surface area (Å²) in [5.74, 6) is 0.281. The molecular weight excluding hydrogens is 174 g/mol. The van der Waals surface area contributed by atoms with Crippen molar-refractivity contribution >= 4 is 5.78 Å². The van der Waals surface area contributed by atoms with Gasteiger partial charge in [-0.15, -0.1) is 0 Å². The molecule has 0 amide bonds. The van der Waals surface area contributed by atoms with Gasteiger partial charge in [-0.1, -0.05) is 30.3 Å². The zero-order valence-corrected chi connectivity index (χ0v) is 8.41. The van der Waals surface area contributed by atoms with Crippen molar-refractivity contribution in [2.24, 2.45) is 5.73 Å². The molecule has 2 nitrogen and oxygen atoms in total. The van der Waals surface area contributed by atoms with E-state index in [1.54, 1.807) is 0 Å². The van der Waals surface area contributed by atoms with E-state index in [1.807, 2.05) is 18.2 Å². The molecule has 0 spiro atoms. The van der Waals surface area contributed by atoms with Gasteiger partial charge >= 0.3 is 0 Å². The summed E-state index contributed by atoms with van der Waals surface area (Å²) in [5, 5.41) is 0. The summed E-state index contributed by atoms with van der Waals surface area (Å²) in [7, 11) is 0. The number of carbonyl (C=O) groups is 1. The molecule has 14 heavy (non-hydrogen) atoms. The van der Waals surface area contributed by atoms with Crippen molar-refractivity contribution in [2.45, 2.75) is 25.7 Å². The first-order valence-corrected chi connectivity index (χ1v) is 5.08. The van der Waals surface area contributed by atoms with Gasteiger partial charge in [0.25, 0.3) is 0 Å². The summed E-state index contributed by atoms with van der Waals surface area (Å²) in [4.78, 5) is 11.2. The van der Waals surface area contributed by atoms with Gasteiger partial charge in [0, 0.05) is 12.8 Å². The second-order valence-electron chi connectivity index (χ2n) is 3.42. The average molecular weight is 191 g/mol. The summed E-state index contributed by atoms with van der Waals surface area (Å²) in [6.45, 7) is 0.476. The molecular formula is C12H17NO. The monoisotopic (exact) mass is 191 g/mol. The van der Waals surface area contributed by atoms with Gasteiger partial charge in [0.15, 0.2) is 0 Å². The van der Waals surface area contributed by atoms with Crippen LogP contribution in [0.4, 0.5) is 0 Å². The van der Waals surface area contributed by atoms with Gasteiger partial charge in [-0.05, 0) is 24.9 Å². The van der Waals surface area contributed by atoms with Crippen LogP contribution in [0.15, 0.2) is 30.3 Å². The lowest BCUT2D eigenvalue weighted by molar-refractivity contribution is -0.118. The Morgan fingerprint density at radius 3 is 2.50 bits per heavy atom. The number of rotatable bonds is 6. The second kappa shape index (κ2) is 6.33. The van der Waals surface area contributed by atoms with E-state index in [4.69, 9.17) is 5.73 Å². The van der Waals surface area contributed by atoms with Crippen LogP contribution in [0.5, 0.6) is 0 Å². The van der Waals surface area contributed by atoms with Crippen LogP contribution in [0.2, 0.25) is 0 Å². The number of ketones is 1. The number of hydrogen-bond donors (Lipinski definition) is 1. The molecule has 0 unspecified atom stereocenters. The normalized spacial score (nSPS) is 10.1. The summed E-state index contributed by atoms with van der Waals surface area (Å²) in [6.07, 6.45) is 3.10. The maximum absolute atomic E-state index is 11.2. The van der Waals surface area contributed by atoms with Gasteiger partial charge in [0.05, 0.1) is 0 Å². The molecule has 0 atom stereocenters. The van der Waals surface area contributed by atoms with Gasteiger partial charge in [0.2, 0.25) is 0 Å². The van der Waals surface area contributed by atoms with Crippen LogP contribution in [-0.2, 0) is 11.2 Å². The first-order valence-electron chi connectivity index (χ1n) is 5.08. The summed E-state index contributed by atoms with van der Waals surface area (Å²) >= 11 is 0. The molecule has 0 aromatic heterocycles. The molecule has 0 bridgehead atoms. The average Bonchev–Trinajstić information content (AvgIpc) is 2.20. The number of benzene rings is 1. The van der Waals surface area contributed by atoms with Crippen LogP contribution in [0.25, 0.3) is 0 Å². The Morgan fingerprint density at radius 1 is 1.14 bits per heavy atom. The predicted octanol–water partition coefficient (Wildman–Crippen LogP) is 1.93. The molecule has 0 heterocycles. The third-order valence-electron chi connectivity index (χ3n) is 2.19. The summed E-state index contributed by atoms with van der Waals surface area (Å²) in [6, 6.07) is 10.2. The summed E-state index contributed by atoms with van der Waals surface area (Å²) in [5.41, 5.74) is 6.59. The van der Waals surface area contributed by atoms with Crippen molar-refractivity contribution < 1.29 is 4.79 Å². The van der Waals surface area contributed by atoms with Crippen LogP contribution in [0.3, 0.4) is 0 Å². The molecule has 1 rings (SSSR count). The standard InChI is InChI=1S/C12H17NO/c13-10-9-12(14)8-4-7-11-5-2-1-3-6-11/h1-3,5-6H,4,7-10,13H2. The molecule has 2 N–H and O–H groups in total. The number of hydrogen-bond acceptors (Lipinski definition) is 2. The van der Waals surface area contributed by atoms with Gasteiger partial charge in [-0.2, -0.15) is 0 Å². The maximum Gasteiger partial charge on any atom is 0.134 e. The van der Waals surface area contributed by atoms with Crippen molar-refractivity contribution in [3.63, 3.8) is 0 Å². The van der Waals surface area contributed by atoms with E-state index in [0.29, 0.717) is 19.4 Å². The Bertz CT molecular complexity index is 269. The first kappa shape index (κ1) is 10.9. The van der Waals surface area contributed by atoms with Crippen LogP contribution in [0.1, 0.15) is 24.8 Å². The molecule has 0 fully saturated rings. The van der Waals surface area contributed by atoms with Gasteiger partial charge in [0.1, 0.15) is 5.78 Å². The topological polar surface area (TPSA) is 43.1 Å². The predicted molar refractivity (Wildman–Crippen MR) is 58.1 cm³/mol. The van der Waals surface area contributed by atoms with E-state index in [1.165, 1.54) is 5.56 Å². The Balaban J connectivity index is 2.19. The second-order valence-corrected chi connectivity index (χ2v) is 3.42. The molecule has 0 radical (unpaired) electrons. The van der Waals surface area contributed by atoms with Crippen molar-refractivity contribution in [2.75, 3.05) is 6.54 Å². The van der Waals surface area contributed by atoms with Crippen LogP contribution in [-0.4, -0.2) is 12.3 Å². The Kier molecular flexibility index (Phi) is 4.94. The van der Waals surface area contributed by atoms with E-state index in [2.05, 4.69) is 12.1 Å².